The van der Waals surface area contributed by atoms with E-state index in [1.165, 1.54) is 19.2 Å². The standard InChI is InChI=1S/C25H22ClF3N6O4/c1-11(30)22-21(23(36)31-12-9-13(10-12)38-19-8-7-18(26)34-35-19)33-24(39-22)15-3-5-16(37-2)20-14(15)4-6-17(32-20)25(27,28)29/h3-8,11-13H,9-10,30H2,1-2H3,(H,31,36)/t11-,12?,13?/m0/s1. The highest BCUT2D eigenvalue weighted by atomic mass is 35.5. The van der Waals surface area contributed by atoms with Gasteiger partial charge in [0.2, 0.25) is 11.8 Å². The van der Waals surface area contributed by atoms with E-state index in [1.54, 1.807) is 25.1 Å². The van der Waals surface area contributed by atoms with E-state index in [1.807, 2.05) is 0 Å². The Morgan fingerprint density at radius 2 is 1.92 bits per heavy atom. The lowest BCUT2D eigenvalue weighted by Crippen LogP contribution is -2.49. The van der Waals surface area contributed by atoms with Gasteiger partial charge < -0.3 is 24.9 Å². The van der Waals surface area contributed by atoms with Crippen molar-refractivity contribution in [1.29, 1.82) is 0 Å². The summed E-state index contributed by atoms with van der Waals surface area (Å²) in [5.74, 6) is 0.122. The van der Waals surface area contributed by atoms with E-state index < -0.39 is 23.8 Å². The van der Waals surface area contributed by atoms with Crippen LogP contribution in [0.3, 0.4) is 0 Å². The molecule has 3 N–H and O–H groups in total. The molecule has 0 spiro atoms. The lowest BCUT2D eigenvalue weighted by atomic mass is 9.89. The SMILES string of the molecule is COc1ccc(-c2nc(C(=O)NC3CC(Oc4ccc(Cl)nn4)C3)c([C@H](C)N)o2)c2ccc(C(F)(F)F)nc12. The molecule has 1 atom stereocenters. The van der Waals surface area contributed by atoms with Crippen molar-refractivity contribution < 1.29 is 31.9 Å². The first-order valence-electron chi connectivity index (χ1n) is 11.8. The van der Waals surface area contributed by atoms with Gasteiger partial charge in [0.1, 0.15) is 23.1 Å². The molecule has 1 saturated carbocycles. The summed E-state index contributed by atoms with van der Waals surface area (Å²) in [5.41, 5.74) is 5.27. The van der Waals surface area contributed by atoms with Crippen molar-refractivity contribution in [3.63, 3.8) is 0 Å². The zero-order valence-electron chi connectivity index (χ0n) is 20.6. The maximum Gasteiger partial charge on any atom is 0.433 e. The van der Waals surface area contributed by atoms with Gasteiger partial charge in [-0.2, -0.15) is 13.2 Å². The van der Waals surface area contributed by atoms with Crippen LogP contribution in [0.1, 0.15) is 47.7 Å². The molecule has 0 bridgehead atoms. The van der Waals surface area contributed by atoms with Crippen molar-refractivity contribution >= 4 is 28.4 Å². The zero-order chi connectivity index (χ0) is 27.9. The van der Waals surface area contributed by atoms with Crippen LogP contribution >= 0.6 is 11.6 Å². The Morgan fingerprint density at radius 3 is 2.56 bits per heavy atom. The summed E-state index contributed by atoms with van der Waals surface area (Å²) in [6, 6.07) is 7.45. The number of benzene rings is 1. The van der Waals surface area contributed by atoms with Crippen molar-refractivity contribution in [2.24, 2.45) is 5.73 Å². The highest BCUT2D eigenvalue weighted by molar-refractivity contribution is 6.29. The number of oxazole rings is 1. The van der Waals surface area contributed by atoms with Gasteiger partial charge in [0.15, 0.2) is 16.6 Å². The molecule has 39 heavy (non-hydrogen) atoms. The lowest BCUT2D eigenvalue weighted by molar-refractivity contribution is -0.140. The molecule has 1 fully saturated rings. The number of hydrogen-bond donors (Lipinski definition) is 2. The largest absolute Gasteiger partial charge is 0.494 e. The summed E-state index contributed by atoms with van der Waals surface area (Å²) in [6.45, 7) is 1.63. The Balaban J connectivity index is 1.38. The monoisotopic (exact) mass is 562 g/mol. The van der Waals surface area contributed by atoms with Crippen molar-refractivity contribution in [2.75, 3.05) is 7.11 Å². The number of methoxy groups -OCH3 is 1. The van der Waals surface area contributed by atoms with Gasteiger partial charge in [0, 0.05) is 35.9 Å². The average Bonchev–Trinajstić information content (AvgIpc) is 3.33. The Bertz CT molecular complexity index is 1520. The van der Waals surface area contributed by atoms with E-state index in [4.69, 9.17) is 31.2 Å². The van der Waals surface area contributed by atoms with Gasteiger partial charge in [-0.05, 0) is 37.3 Å². The number of nitrogens with two attached hydrogens (primary N) is 1. The molecule has 14 heteroatoms. The predicted molar refractivity (Wildman–Crippen MR) is 133 cm³/mol. The fourth-order valence-electron chi connectivity index (χ4n) is 4.19. The minimum Gasteiger partial charge on any atom is -0.494 e. The Kier molecular flexibility index (Phi) is 7.03. The quantitative estimate of drug-likeness (QED) is 0.327. The molecule has 1 amide bonds. The number of aromatic nitrogens is 4. The molecule has 0 aliphatic heterocycles. The smallest absolute Gasteiger partial charge is 0.433 e. The number of nitrogens with one attached hydrogen (secondary N) is 1. The molecule has 0 saturated heterocycles. The van der Waals surface area contributed by atoms with Gasteiger partial charge in [-0.25, -0.2) is 9.97 Å². The van der Waals surface area contributed by atoms with Gasteiger partial charge in [0.25, 0.3) is 5.91 Å². The second-order valence-corrected chi connectivity index (χ2v) is 9.39. The van der Waals surface area contributed by atoms with Crippen molar-refractivity contribution in [3.8, 4) is 23.1 Å². The van der Waals surface area contributed by atoms with E-state index >= 15 is 0 Å². The molecule has 204 valence electrons. The summed E-state index contributed by atoms with van der Waals surface area (Å²) in [6.07, 6.45) is -3.74. The molecule has 0 unspecified atom stereocenters. The van der Waals surface area contributed by atoms with Crippen LogP contribution < -0.4 is 20.5 Å². The van der Waals surface area contributed by atoms with Crippen LogP contribution in [0, 0.1) is 0 Å². The lowest BCUT2D eigenvalue weighted by Gasteiger charge is -2.35. The van der Waals surface area contributed by atoms with E-state index in [2.05, 4.69) is 25.5 Å². The first kappa shape index (κ1) is 26.6. The second-order valence-electron chi connectivity index (χ2n) is 9.00. The number of hydrogen-bond acceptors (Lipinski definition) is 9. The minimum absolute atomic E-state index is 0.0118. The molecule has 1 aromatic carbocycles. The van der Waals surface area contributed by atoms with Crippen LogP contribution in [0.2, 0.25) is 5.15 Å². The summed E-state index contributed by atoms with van der Waals surface area (Å²) in [5, 5.41) is 11.0. The van der Waals surface area contributed by atoms with Crippen LogP contribution in [-0.2, 0) is 6.18 Å². The third kappa shape index (κ3) is 5.45. The summed E-state index contributed by atoms with van der Waals surface area (Å²) < 4.78 is 56.6. The number of halogens is 4. The highest BCUT2D eigenvalue weighted by Crippen LogP contribution is 2.37. The summed E-state index contributed by atoms with van der Waals surface area (Å²) >= 11 is 5.73. The summed E-state index contributed by atoms with van der Waals surface area (Å²) in [7, 11) is 1.33. The van der Waals surface area contributed by atoms with Gasteiger partial charge in [-0.15, -0.1) is 10.2 Å². The average molecular weight is 563 g/mol. The number of amides is 1. The van der Waals surface area contributed by atoms with Gasteiger partial charge in [-0.1, -0.05) is 11.6 Å². The molecule has 1 aliphatic carbocycles. The van der Waals surface area contributed by atoms with E-state index in [-0.39, 0.29) is 45.9 Å². The van der Waals surface area contributed by atoms with Gasteiger partial charge >= 0.3 is 6.18 Å². The first-order valence-corrected chi connectivity index (χ1v) is 12.2. The Morgan fingerprint density at radius 1 is 1.15 bits per heavy atom. The molecule has 0 radical (unpaired) electrons. The fourth-order valence-corrected chi connectivity index (χ4v) is 4.29. The maximum atomic E-state index is 13.3. The Hall–Kier alpha value is -3.97. The fraction of sp³-hybridized carbons (Fsp3) is 0.320. The molecule has 4 aromatic rings. The number of carbonyl (C=O) groups is 1. The molecular weight excluding hydrogens is 541 g/mol. The summed E-state index contributed by atoms with van der Waals surface area (Å²) in [4.78, 5) is 21.2. The van der Waals surface area contributed by atoms with Gasteiger partial charge in [0.05, 0.1) is 13.2 Å². The molecule has 5 rings (SSSR count). The normalized spacial score (nSPS) is 17.9. The van der Waals surface area contributed by atoms with Crippen LogP contribution in [0.25, 0.3) is 22.4 Å². The Labute approximate surface area is 224 Å². The number of rotatable bonds is 7. The molecule has 1 aliphatic rings. The molecule has 3 aromatic heterocycles. The van der Waals surface area contributed by atoms with E-state index in [0.29, 0.717) is 29.7 Å². The maximum absolute atomic E-state index is 13.3. The van der Waals surface area contributed by atoms with Crippen LogP contribution in [0.4, 0.5) is 13.2 Å². The molecular formula is C25H22ClF3N6O4. The number of ether oxygens (including phenoxy) is 2. The topological polar surface area (TPSA) is 138 Å². The third-order valence-electron chi connectivity index (χ3n) is 6.17. The van der Waals surface area contributed by atoms with Crippen molar-refractivity contribution in [2.45, 2.75) is 44.1 Å². The van der Waals surface area contributed by atoms with Gasteiger partial charge in [-0.3, -0.25) is 4.79 Å². The third-order valence-corrected chi connectivity index (χ3v) is 6.37. The number of carbonyl (C=O) groups excluding carboxylic acids is 1. The van der Waals surface area contributed by atoms with Crippen LogP contribution in [-0.4, -0.2) is 45.3 Å². The van der Waals surface area contributed by atoms with E-state index in [9.17, 15) is 18.0 Å². The number of fused-ring (bicyclic) bond motifs is 1. The van der Waals surface area contributed by atoms with E-state index in [0.717, 1.165) is 6.07 Å². The van der Waals surface area contributed by atoms with Crippen molar-refractivity contribution in [1.82, 2.24) is 25.5 Å². The molecule has 3 heterocycles. The van der Waals surface area contributed by atoms with Crippen molar-refractivity contribution in [3.05, 3.63) is 58.7 Å². The number of pyridine rings is 1. The number of nitrogens with zero attached hydrogens (tertiary/aromatic N) is 4. The number of alkyl halides is 3. The second kappa shape index (κ2) is 10.3. The zero-order valence-corrected chi connectivity index (χ0v) is 21.4. The predicted octanol–water partition coefficient (Wildman–Crippen LogP) is 4.72. The van der Waals surface area contributed by atoms with Crippen LogP contribution in [0.5, 0.6) is 11.6 Å². The molecule has 10 nitrogen and oxygen atoms in total. The highest BCUT2D eigenvalue weighted by Gasteiger charge is 2.35. The minimum atomic E-state index is -4.64. The first-order chi connectivity index (χ1) is 18.5. The van der Waals surface area contributed by atoms with Crippen LogP contribution in [0.15, 0.2) is 40.8 Å².